The number of oxime groups is 1. The lowest BCUT2D eigenvalue weighted by molar-refractivity contribution is 0.213. The summed E-state index contributed by atoms with van der Waals surface area (Å²) in [7, 11) is 1.51. The van der Waals surface area contributed by atoms with Crippen molar-refractivity contribution in [2.75, 3.05) is 19.0 Å². The Hall–Kier alpha value is -3.61. The van der Waals surface area contributed by atoms with Gasteiger partial charge in [0.05, 0.1) is 18.0 Å². The van der Waals surface area contributed by atoms with Crippen LogP contribution < -0.4 is 10.1 Å². The minimum Gasteiger partial charge on any atom is -0.493 e. The van der Waals surface area contributed by atoms with Crippen molar-refractivity contribution in [2.45, 2.75) is 6.42 Å². The van der Waals surface area contributed by atoms with Crippen LogP contribution in [0.15, 0.2) is 84.0 Å². The van der Waals surface area contributed by atoms with Crippen molar-refractivity contribution in [2.24, 2.45) is 5.16 Å². The Kier molecular flexibility index (Phi) is 7.96. The molecule has 34 heavy (non-hydrogen) atoms. The van der Waals surface area contributed by atoms with Crippen LogP contribution in [0.3, 0.4) is 0 Å². The molecule has 6 nitrogen and oxygen atoms in total. The predicted molar refractivity (Wildman–Crippen MR) is 138 cm³/mol. The van der Waals surface area contributed by atoms with Crippen LogP contribution in [0.4, 0.5) is 11.6 Å². The Balaban J connectivity index is 1.62. The van der Waals surface area contributed by atoms with Crippen molar-refractivity contribution in [3.8, 4) is 28.3 Å². The van der Waals surface area contributed by atoms with Gasteiger partial charge in [-0.1, -0.05) is 58.7 Å². The molecule has 0 amide bonds. The third-order valence-corrected chi connectivity index (χ3v) is 5.30. The second-order valence-electron chi connectivity index (χ2n) is 7.24. The number of benzene rings is 3. The van der Waals surface area contributed by atoms with Gasteiger partial charge in [-0.05, 0) is 42.5 Å². The smallest absolute Gasteiger partial charge is 0.228 e. The van der Waals surface area contributed by atoms with Crippen LogP contribution in [-0.4, -0.2) is 29.9 Å². The normalized spacial score (nSPS) is 10.9. The van der Waals surface area contributed by atoms with E-state index in [1.165, 1.54) is 7.11 Å². The molecule has 0 aliphatic carbocycles. The van der Waals surface area contributed by atoms with Gasteiger partial charge in [0.2, 0.25) is 5.95 Å². The van der Waals surface area contributed by atoms with E-state index in [1.807, 2.05) is 78.9 Å². The summed E-state index contributed by atoms with van der Waals surface area (Å²) in [6.45, 7) is 0.486. The first-order valence-corrected chi connectivity index (χ1v) is 11.3. The Morgan fingerprint density at radius 1 is 0.853 bits per heavy atom. The molecule has 3 aromatic carbocycles. The Labute approximate surface area is 208 Å². The lowest BCUT2D eigenvalue weighted by Gasteiger charge is -2.12. The largest absolute Gasteiger partial charge is 0.493 e. The van der Waals surface area contributed by atoms with Crippen molar-refractivity contribution >= 4 is 41.1 Å². The Bertz CT molecular complexity index is 1200. The number of nitrogens with zero attached hydrogens (tertiary/aromatic N) is 3. The standard InChI is InChI=1S/C26H22Cl2N4O2/c1-33-29-14-3-15-34-23-5-2-4-22(16-23)30-26-31-24(18-6-10-20(27)11-7-18)17-25(32-26)19-8-12-21(28)13-9-19/h2,4-14,16-17H,3,15H2,1H3,(H,30,31,32)/b29-14+. The third kappa shape index (κ3) is 6.47. The van der Waals surface area contributed by atoms with Gasteiger partial charge >= 0.3 is 0 Å². The van der Waals surface area contributed by atoms with E-state index >= 15 is 0 Å². The van der Waals surface area contributed by atoms with E-state index in [9.17, 15) is 0 Å². The van der Waals surface area contributed by atoms with Crippen LogP contribution >= 0.6 is 23.2 Å². The molecule has 0 unspecified atom stereocenters. The zero-order valence-corrected chi connectivity index (χ0v) is 19.9. The quantitative estimate of drug-likeness (QED) is 0.151. The van der Waals surface area contributed by atoms with Crippen LogP contribution in [-0.2, 0) is 4.84 Å². The summed E-state index contributed by atoms with van der Waals surface area (Å²) in [5, 5.41) is 8.33. The van der Waals surface area contributed by atoms with Crippen molar-refractivity contribution in [1.29, 1.82) is 0 Å². The fourth-order valence-electron chi connectivity index (χ4n) is 3.19. The van der Waals surface area contributed by atoms with Gasteiger partial charge in [-0.2, -0.15) is 0 Å². The van der Waals surface area contributed by atoms with Gasteiger partial charge in [0.1, 0.15) is 12.9 Å². The number of hydrogen-bond donors (Lipinski definition) is 1. The number of hydrogen-bond acceptors (Lipinski definition) is 6. The molecular formula is C26H22Cl2N4O2. The fraction of sp³-hybridized carbons (Fsp3) is 0.115. The van der Waals surface area contributed by atoms with E-state index in [1.54, 1.807) is 6.21 Å². The molecule has 172 valence electrons. The second-order valence-corrected chi connectivity index (χ2v) is 8.11. The monoisotopic (exact) mass is 492 g/mol. The first-order valence-electron chi connectivity index (χ1n) is 10.6. The van der Waals surface area contributed by atoms with Crippen LogP contribution in [0.25, 0.3) is 22.5 Å². The van der Waals surface area contributed by atoms with Gasteiger partial charge in [0.15, 0.2) is 0 Å². The molecule has 0 atom stereocenters. The highest BCUT2D eigenvalue weighted by Gasteiger charge is 2.10. The van der Waals surface area contributed by atoms with Gasteiger partial charge in [-0.3, -0.25) is 0 Å². The summed E-state index contributed by atoms with van der Waals surface area (Å²) in [4.78, 5) is 14.1. The summed E-state index contributed by atoms with van der Waals surface area (Å²) in [5.74, 6) is 1.18. The van der Waals surface area contributed by atoms with E-state index in [4.69, 9.17) is 37.9 Å². The highest BCUT2D eigenvalue weighted by Crippen LogP contribution is 2.28. The van der Waals surface area contributed by atoms with Crippen LogP contribution in [0, 0.1) is 0 Å². The molecule has 1 aromatic heterocycles. The number of aromatic nitrogens is 2. The molecule has 0 bridgehead atoms. The zero-order chi connectivity index (χ0) is 23.8. The molecule has 0 aliphatic heterocycles. The second kappa shape index (κ2) is 11.5. The first kappa shape index (κ1) is 23.5. The van der Waals surface area contributed by atoms with Gasteiger partial charge in [0.25, 0.3) is 0 Å². The lowest BCUT2D eigenvalue weighted by Crippen LogP contribution is -2.02. The molecule has 1 heterocycles. The molecule has 0 saturated carbocycles. The highest BCUT2D eigenvalue weighted by molar-refractivity contribution is 6.30. The van der Waals surface area contributed by atoms with Gasteiger partial charge in [-0.15, -0.1) is 0 Å². The first-order chi connectivity index (χ1) is 16.6. The van der Waals surface area contributed by atoms with Crippen LogP contribution in [0.1, 0.15) is 6.42 Å². The average Bonchev–Trinajstić information content (AvgIpc) is 2.85. The summed E-state index contributed by atoms with van der Waals surface area (Å²) in [5.41, 5.74) is 4.20. The third-order valence-electron chi connectivity index (χ3n) is 4.79. The van der Waals surface area contributed by atoms with Gasteiger partial charge in [0, 0.05) is 45.6 Å². The SMILES string of the molecule is CO/N=C/CCOc1cccc(Nc2nc(-c3ccc(Cl)cc3)cc(-c3ccc(Cl)cc3)n2)c1. The van der Waals surface area contributed by atoms with Crippen molar-refractivity contribution < 1.29 is 9.57 Å². The highest BCUT2D eigenvalue weighted by atomic mass is 35.5. The van der Waals surface area contributed by atoms with E-state index < -0.39 is 0 Å². The van der Waals surface area contributed by atoms with Gasteiger partial charge in [-0.25, -0.2) is 9.97 Å². The minimum atomic E-state index is 0.460. The molecule has 8 heteroatoms. The van der Waals surface area contributed by atoms with Crippen LogP contribution in [0.5, 0.6) is 5.75 Å². The summed E-state index contributed by atoms with van der Waals surface area (Å²) < 4.78 is 5.79. The molecule has 1 N–H and O–H groups in total. The number of halogens is 2. The molecule has 4 rings (SSSR count). The number of anilines is 2. The van der Waals surface area contributed by atoms with Crippen molar-refractivity contribution in [1.82, 2.24) is 9.97 Å². The maximum Gasteiger partial charge on any atom is 0.228 e. The number of nitrogens with one attached hydrogen (secondary N) is 1. The van der Waals surface area contributed by atoms with E-state index in [2.05, 4.69) is 15.3 Å². The lowest BCUT2D eigenvalue weighted by atomic mass is 10.1. The number of rotatable bonds is 9. The molecule has 4 aromatic rings. The Morgan fingerprint density at radius 2 is 1.47 bits per heavy atom. The fourth-order valence-corrected chi connectivity index (χ4v) is 3.44. The molecule has 0 spiro atoms. The van der Waals surface area contributed by atoms with E-state index in [-0.39, 0.29) is 0 Å². The minimum absolute atomic E-state index is 0.460. The molecular weight excluding hydrogens is 471 g/mol. The van der Waals surface area contributed by atoms with Gasteiger partial charge < -0.3 is 14.9 Å². The zero-order valence-electron chi connectivity index (χ0n) is 18.4. The molecule has 0 fully saturated rings. The van der Waals surface area contributed by atoms with Crippen molar-refractivity contribution in [3.63, 3.8) is 0 Å². The summed E-state index contributed by atoms with van der Waals surface area (Å²) in [6, 6.07) is 24.7. The van der Waals surface area contributed by atoms with Crippen molar-refractivity contribution in [3.05, 3.63) is 88.9 Å². The topological polar surface area (TPSA) is 68.6 Å². The van der Waals surface area contributed by atoms with Crippen LogP contribution in [0.2, 0.25) is 10.0 Å². The van der Waals surface area contributed by atoms with E-state index in [0.29, 0.717) is 29.0 Å². The molecule has 0 aliphatic rings. The summed E-state index contributed by atoms with van der Waals surface area (Å²) >= 11 is 12.1. The predicted octanol–water partition coefficient (Wildman–Crippen LogP) is 7.26. The maximum atomic E-state index is 6.07. The Morgan fingerprint density at radius 3 is 2.06 bits per heavy atom. The average molecular weight is 493 g/mol. The van der Waals surface area contributed by atoms with E-state index in [0.717, 1.165) is 34.0 Å². The molecule has 0 saturated heterocycles. The summed E-state index contributed by atoms with van der Waals surface area (Å²) in [6.07, 6.45) is 2.30. The molecule has 0 radical (unpaired) electrons. The number of ether oxygens (including phenoxy) is 1. The maximum absolute atomic E-state index is 6.07.